The van der Waals surface area contributed by atoms with Gasteiger partial charge in [-0.25, -0.2) is 9.18 Å². The van der Waals surface area contributed by atoms with E-state index in [2.05, 4.69) is 0 Å². The molecule has 23 heavy (non-hydrogen) atoms. The SMILES string of the molecule is COCCN1CC(=O)N([C@@H]2CCC[C@@H]2c2ccc(F)cc2)C1=O. The molecule has 2 atom stereocenters. The van der Waals surface area contributed by atoms with Gasteiger partial charge in [-0.1, -0.05) is 18.6 Å². The Morgan fingerprint density at radius 1 is 1.22 bits per heavy atom. The van der Waals surface area contributed by atoms with Crippen molar-refractivity contribution in [1.82, 2.24) is 9.80 Å². The van der Waals surface area contributed by atoms with Crippen LogP contribution in [0, 0.1) is 5.82 Å². The first kappa shape index (κ1) is 15.9. The molecule has 6 heteroatoms. The van der Waals surface area contributed by atoms with E-state index >= 15 is 0 Å². The van der Waals surface area contributed by atoms with Gasteiger partial charge < -0.3 is 9.64 Å². The number of methoxy groups -OCH3 is 1. The average molecular weight is 320 g/mol. The lowest BCUT2D eigenvalue weighted by Gasteiger charge is -2.28. The van der Waals surface area contributed by atoms with Crippen molar-refractivity contribution >= 4 is 11.9 Å². The van der Waals surface area contributed by atoms with Gasteiger partial charge in [-0.2, -0.15) is 0 Å². The van der Waals surface area contributed by atoms with Gasteiger partial charge in [0, 0.05) is 25.6 Å². The van der Waals surface area contributed by atoms with E-state index in [4.69, 9.17) is 4.74 Å². The van der Waals surface area contributed by atoms with Gasteiger partial charge in [0.05, 0.1) is 6.61 Å². The van der Waals surface area contributed by atoms with Crippen molar-refractivity contribution < 1.29 is 18.7 Å². The zero-order valence-corrected chi connectivity index (χ0v) is 13.2. The molecule has 2 fully saturated rings. The first-order valence-corrected chi connectivity index (χ1v) is 7.97. The lowest BCUT2D eigenvalue weighted by molar-refractivity contribution is -0.127. The fraction of sp³-hybridized carbons (Fsp3) is 0.529. The minimum Gasteiger partial charge on any atom is -0.383 e. The summed E-state index contributed by atoms with van der Waals surface area (Å²) in [5.74, 6) is -0.335. The standard InChI is InChI=1S/C17H21FN2O3/c1-23-10-9-19-11-16(21)20(17(19)22)15-4-2-3-14(15)12-5-7-13(18)8-6-12/h5-8,14-15H,2-4,9-11H2,1H3/t14-,15-/m1/s1. The summed E-state index contributed by atoms with van der Waals surface area (Å²) in [5, 5.41) is 0. The van der Waals surface area contributed by atoms with Gasteiger partial charge in [-0.3, -0.25) is 9.69 Å². The van der Waals surface area contributed by atoms with Crippen molar-refractivity contribution in [3.8, 4) is 0 Å². The second-order valence-electron chi connectivity index (χ2n) is 6.12. The summed E-state index contributed by atoms with van der Waals surface area (Å²) >= 11 is 0. The summed E-state index contributed by atoms with van der Waals surface area (Å²) in [6, 6.07) is 6.02. The Kier molecular flexibility index (Phi) is 4.61. The quantitative estimate of drug-likeness (QED) is 0.783. The molecule has 1 aromatic rings. The third-order valence-electron chi connectivity index (χ3n) is 4.75. The van der Waals surface area contributed by atoms with Crippen LogP contribution in [-0.2, 0) is 9.53 Å². The molecule has 3 amide bonds. The Morgan fingerprint density at radius 3 is 2.65 bits per heavy atom. The largest absolute Gasteiger partial charge is 0.383 e. The fourth-order valence-electron chi connectivity index (χ4n) is 3.62. The number of imide groups is 1. The topological polar surface area (TPSA) is 49.9 Å². The third-order valence-corrected chi connectivity index (χ3v) is 4.75. The maximum atomic E-state index is 13.1. The number of rotatable bonds is 5. The molecular weight excluding hydrogens is 299 g/mol. The van der Waals surface area contributed by atoms with Gasteiger partial charge in [0.1, 0.15) is 12.4 Å². The van der Waals surface area contributed by atoms with Crippen LogP contribution in [0.15, 0.2) is 24.3 Å². The lowest BCUT2D eigenvalue weighted by Crippen LogP contribution is -2.43. The lowest BCUT2D eigenvalue weighted by atomic mass is 9.93. The molecule has 1 aliphatic heterocycles. The molecule has 1 saturated carbocycles. The molecule has 2 aliphatic rings. The van der Waals surface area contributed by atoms with E-state index in [-0.39, 0.29) is 36.3 Å². The Bertz CT molecular complexity index is 590. The highest BCUT2D eigenvalue weighted by atomic mass is 19.1. The Morgan fingerprint density at radius 2 is 1.96 bits per heavy atom. The molecule has 0 N–H and O–H groups in total. The van der Waals surface area contributed by atoms with Crippen molar-refractivity contribution in [2.45, 2.75) is 31.2 Å². The highest BCUT2D eigenvalue weighted by molar-refractivity contribution is 6.02. The number of hydrogen-bond donors (Lipinski definition) is 0. The molecule has 0 aromatic heterocycles. The van der Waals surface area contributed by atoms with Crippen molar-refractivity contribution in [2.75, 3.05) is 26.8 Å². The molecule has 1 saturated heterocycles. The van der Waals surface area contributed by atoms with Gasteiger partial charge in [-0.15, -0.1) is 0 Å². The predicted molar refractivity (Wildman–Crippen MR) is 82.5 cm³/mol. The number of carbonyl (C=O) groups excluding carboxylic acids is 2. The summed E-state index contributed by atoms with van der Waals surface area (Å²) in [4.78, 5) is 27.8. The number of benzene rings is 1. The van der Waals surface area contributed by atoms with Crippen molar-refractivity contribution in [2.24, 2.45) is 0 Å². The van der Waals surface area contributed by atoms with Crippen LogP contribution >= 0.6 is 0 Å². The highest BCUT2D eigenvalue weighted by Gasteiger charge is 2.45. The predicted octanol–water partition coefficient (Wildman–Crippen LogP) is 2.37. The molecule has 0 bridgehead atoms. The number of amides is 3. The van der Waals surface area contributed by atoms with Crippen LogP contribution < -0.4 is 0 Å². The van der Waals surface area contributed by atoms with E-state index in [1.165, 1.54) is 21.9 Å². The molecule has 1 heterocycles. The van der Waals surface area contributed by atoms with E-state index in [9.17, 15) is 14.0 Å². The van der Waals surface area contributed by atoms with Gasteiger partial charge in [0.15, 0.2) is 0 Å². The monoisotopic (exact) mass is 320 g/mol. The fourth-order valence-corrected chi connectivity index (χ4v) is 3.62. The Labute approximate surface area is 135 Å². The number of urea groups is 1. The average Bonchev–Trinajstić information content (AvgIpc) is 3.11. The molecule has 5 nitrogen and oxygen atoms in total. The molecule has 0 unspecified atom stereocenters. The van der Waals surface area contributed by atoms with Crippen LogP contribution in [0.2, 0.25) is 0 Å². The summed E-state index contributed by atoms with van der Waals surface area (Å²) in [5.41, 5.74) is 0.991. The third kappa shape index (κ3) is 3.08. The normalized spacial score (nSPS) is 24.8. The van der Waals surface area contributed by atoms with Crippen LogP contribution in [0.25, 0.3) is 0 Å². The molecule has 0 spiro atoms. The molecule has 1 aromatic carbocycles. The number of nitrogens with zero attached hydrogens (tertiary/aromatic N) is 2. The van der Waals surface area contributed by atoms with E-state index in [1.807, 2.05) is 0 Å². The summed E-state index contributed by atoms with van der Waals surface area (Å²) in [6.45, 7) is 0.958. The van der Waals surface area contributed by atoms with Crippen LogP contribution in [-0.4, -0.2) is 54.6 Å². The van der Waals surface area contributed by atoms with Crippen molar-refractivity contribution in [3.05, 3.63) is 35.6 Å². The molecular formula is C17H21FN2O3. The second-order valence-corrected chi connectivity index (χ2v) is 6.12. The zero-order chi connectivity index (χ0) is 16.4. The van der Waals surface area contributed by atoms with Crippen molar-refractivity contribution in [1.29, 1.82) is 0 Å². The van der Waals surface area contributed by atoms with Gasteiger partial charge >= 0.3 is 6.03 Å². The first-order valence-electron chi connectivity index (χ1n) is 7.97. The maximum Gasteiger partial charge on any atom is 0.327 e. The second kappa shape index (κ2) is 6.66. The maximum absolute atomic E-state index is 13.1. The van der Waals surface area contributed by atoms with Gasteiger partial charge in [0.25, 0.3) is 5.91 Å². The molecule has 124 valence electrons. The van der Waals surface area contributed by atoms with E-state index in [0.717, 1.165) is 24.8 Å². The summed E-state index contributed by atoms with van der Waals surface area (Å²) in [7, 11) is 1.57. The van der Waals surface area contributed by atoms with Gasteiger partial charge in [0.2, 0.25) is 0 Å². The zero-order valence-electron chi connectivity index (χ0n) is 13.2. The smallest absolute Gasteiger partial charge is 0.327 e. The van der Waals surface area contributed by atoms with Crippen molar-refractivity contribution in [3.63, 3.8) is 0 Å². The van der Waals surface area contributed by atoms with E-state index < -0.39 is 0 Å². The van der Waals surface area contributed by atoms with Crippen LogP contribution in [0.5, 0.6) is 0 Å². The first-order chi connectivity index (χ1) is 11.1. The Balaban J connectivity index is 1.78. The van der Waals surface area contributed by atoms with Crippen LogP contribution in [0.3, 0.4) is 0 Å². The minimum absolute atomic E-state index is 0.0888. The minimum atomic E-state index is -0.276. The Hall–Kier alpha value is -1.95. The van der Waals surface area contributed by atoms with Crippen LogP contribution in [0.4, 0.5) is 9.18 Å². The van der Waals surface area contributed by atoms with E-state index in [1.54, 1.807) is 19.2 Å². The number of carbonyl (C=O) groups is 2. The summed E-state index contributed by atoms with van der Waals surface area (Å²) in [6.07, 6.45) is 2.67. The van der Waals surface area contributed by atoms with Gasteiger partial charge in [-0.05, 0) is 30.5 Å². The highest BCUT2D eigenvalue weighted by Crippen LogP contribution is 2.39. The number of ether oxygens (including phenoxy) is 1. The molecule has 0 radical (unpaired) electrons. The molecule has 3 rings (SSSR count). The summed E-state index contributed by atoms with van der Waals surface area (Å²) < 4.78 is 18.1. The number of hydrogen-bond acceptors (Lipinski definition) is 3. The van der Waals surface area contributed by atoms with Crippen LogP contribution in [0.1, 0.15) is 30.7 Å². The molecule has 1 aliphatic carbocycles. The number of halogens is 1. The van der Waals surface area contributed by atoms with E-state index in [0.29, 0.717) is 13.2 Å².